The van der Waals surface area contributed by atoms with Gasteiger partial charge >= 0.3 is 0 Å². The molecule has 2 aromatic carbocycles. The van der Waals surface area contributed by atoms with Gasteiger partial charge in [0.05, 0.1) is 17.8 Å². The van der Waals surface area contributed by atoms with E-state index in [2.05, 4.69) is 4.90 Å². The van der Waals surface area contributed by atoms with Crippen LogP contribution in [0.15, 0.2) is 36.4 Å². The second-order valence-corrected chi connectivity index (χ2v) is 10.2. The highest BCUT2D eigenvalue weighted by Gasteiger charge is 2.30. The minimum absolute atomic E-state index is 0.0696. The molecule has 34 heavy (non-hydrogen) atoms. The van der Waals surface area contributed by atoms with Gasteiger partial charge in [0.15, 0.2) is 11.5 Å². The zero-order valence-corrected chi connectivity index (χ0v) is 21.2. The fourth-order valence-electron chi connectivity index (χ4n) is 4.39. The molecule has 3 aromatic rings. The lowest BCUT2D eigenvalue weighted by molar-refractivity contribution is 0.0984. The van der Waals surface area contributed by atoms with Crippen LogP contribution in [0.25, 0.3) is 10.6 Å². The normalized spacial score (nSPS) is 16.1. The summed E-state index contributed by atoms with van der Waals surface area (Å²) >= 11 is 13.8. The number of halogens is 2. The second kappa shape index (κ2) is 10.1. The number of nitrogens with zero attached hydrogens (tertiary/aromatic N) is 3. The van der Waals surface area contributed by atoms with Crippen molar-refractivity contribution in [3.8, 4) is 22.1 Å². The van der Waals surface area contributed by atoms with Crippen molar-refractivity contribution in [2.45, 2.75) is 19.3 Å². The summed E-state index contributed by atoms with van der Waals surface area (Å²) in [4.78, 5) is 22.9. The van der Waals surface area contributed by atoms with E-state index >= 15 is 0 Å². The van der Waals surface area contributed by atoms with Crippen LogP contribution in [0.4, 0.5) is 5.69 Å². The number of benzene rings is 2. The van der Waals surface area contributed by atoms with Gasteiger partial charge in [-0.1, -0.05) is 23.2 Å². The lowest BCUT2D eigenvalue weighted by Gasteiger charge is -2.26. The van der Waals surface area contributed by atoms with Crippen molar-refractivity contribution >= 4 is 46.1 Å². The Morgan fingerprint density at radius 1 is 1.06 bits per heavy atom. The summed E-state index contributed by atoms with van der Waals surface area (Å²) in [5.74, 6) is 1.24. The van der Waals surface area contributed by atoms with Crippen molar-refractivity contribution in [3.63, 3.8) is 0 Å². The predicted molar refractivity (Wildman–Crippen MR) is 137 cm³/mol. The second-order valence-electron chi connectivity index (χ2n) is 8.36. The van der Waals surface area contributed by atoms with Crippen molar-refractivity contribution in [2.75, 3.05) is 44.8 Å². The van der Waals surface area contributed by atoms with Crippen LogP contribution in [-0.2, 0) is 6.42 Å². The first-order valence-corrected chi connectivity index (χ1v) is 12.9. The minimum atomic E-state index is -0.0696. The van der Waals surface area contributed by atoms with Crippen LogP contribution in [-0.4, -0.2) is 55.7 Å². The standard InChI is InChI=1S/C25H25Cl2N3O3S/c1-32-22-15-17(5-7-21(22)33-13-12-29-9-2-3-10-29)30-11-8-20-23(25(30)31)34-24(28-20)18-6-4-16(26)14-19(18)27/h4-7,14-15H,2-3,8-13H2,1H3. The highest BCUT2D eigenvalue weighted by molar-refractivity contribution is 7.17. The van der Waals surface area contributed by atoms with Gasteiger partial charge in [-0.05, 0) is 56.3 Å². The lowest BCUT2D eigenvalue weighted by atomic mass is 10.1. The van der Waals surface area contributed by atoms with Gasteiger partial charge in [0.1, 0.15) is 16.5 Å². The Morgan fingerprint density at radius 2 is 1.88 bits per heavy atom. The van der Waals surface area contributed by atoms with E-state index in [0.29, 0.717) is 46.0 Å². The van der Waals surface area contributed by atoms with E-state index < -0.39 is 0 Å². The number of amides is 1. The van der Waals surface area contributed by atoms with E-state index in [1.807, 2.05) is 24.3 Å². The number of likely N-dealkylation sites (tertiary alicyclic amines) is 1. The third kappa shape index (κ3) is 4.75. The highest BCUT2D eigenvalue weighted by Crippen LogP contribution is 2.38. The Morgan fingerprint density at radius 3 is 2.65 bits per heavy atom. The van der Waals surface area contributed by atoms with Gasteiger partial charge in [0.25, 0.3) is 5.91 Å². The Kier molecular flexibility index (Phi) is 6.97. The SMILES string of the molecule is COc1cc(N2CCc3nc(-c4ccc(Cl)cc4Cl)sc3C2=O)ccc1OCCN1CCCC1. The van der Waals surface area contributed by atoms with Gasteiger partial charge < -0.3 is 14.4 Å². The monoisotopic (exact) mass is 517 g/mol. The van der Waals surface area contributed by atoms with E-state index in [0.717, 1.165) is 41.6 Å². The average Bonchev–Trinajstić information content (AvgIpc) is 3.50. The summed E-state index contributed by atoms with van der Waals surface area (Å²) < 4.78 is 11.6. The van der Waals surface area contributed by atoms with Gasteiger partial charge in [-0.15, -0.1) is 11.3 Å². The molecule has 1 fully saturated rings. The Hall–Kier alpha value is -2.32. The molecule has 0 bridgehead atoms. The topological polar surface area (TPSA) is 54.9 Å². The Bertz CT molecular complexity index is 1210. The van der Waals surface area contributed by atoms with Crippen molar-refractivity contribution in [1.29, 1.82) is 0 Å². The van der Waals surface area contributed by atoms with Crippen molar-refractivity contribution in [2.24, 2.45) is 0 Å². The molecule has 0 saturated carbocycles. The zero-order chi connectivity index (χ0) is 23.7. The number of methoxy groups -OCH3 is 1. The van der Waals surface area contributed by atoms with E-state index in [-0.39, 0.29) is 5.91 Å². The van der Waals surface area contributed by atoms with E-state index in [9.17, 15) is 4.79 Å². The van der Waals surface area contributed by atoms with Crippen LogP contribution < -0.4 is 14.4 Å². The molecular weight excluding hydrogens is 493 g/mol. The number of carbonyl (C=O) groups is 1. The summed E-state index contributed by atoms with van der Waals surface area (Å²) in [6.45, 7) is 4.34. The highest BCUT2D eigenvalue weighted by atomic mass is 35.5. The molecule has 6 nitrogen and oxygen atoms in total. The minimum Gasteiger partial charge on any atom is -0.493 e. The number of ether oxygens (including phenoxy) is 2. The van der Waals surface area contributed by atoms with Crippen LogP contribution in [0.5, 0.6) is 11.5 Å². The zero-order valence-electron chi connectivity index (χ0n) is 18.9. The molecule has 2 aliphatic heterocycles. The molecule has 0 atom stereocenters. The average molecular weight is 518 g/mol. The molecule has 0 unspecified atom stereocenters. The van der Waals surface area contributed by atoms with Crippen molar-refractivity contribution in [3.05, 3.63) is 57.0 Å². The number of aromatic nitrogens is 1. The first kappa shape index (κ1) is 23.4. The van der Waals surface area contributed by atoms with E-state index in [1.54, 1.807) is 24.1 Å². The van der Waals surface area contributed by atoms with Gasteiger partial charge in [-0.3, -0.25) is 9.69 Å². The maximum atomic E-state index is 13.4. The van der Waals surface area contributed by atoms with Crippen LogP contribution in [0.2, 0.25) is 10.0 Å². The first-order chi connectivity index (χ1) is 16.5. The molecular formula is C25H25Cl2N3O3S. The molecule has 2 aliphatic rings. The summed E-state index contributed by atoms with van der Waals surface area (Å²) in [7, 11) is 1.62. The Balaban J connectivity index is 1.33. The van der Waals surface area contributed by atoms with Crippen LogP contribution >= 0.6 is 34.5 Å². The molecule has 0 spiro atoms. The van der Waals surface area contributed by atoms with Crippen molar-refractivity contribution in [1.82, 2.24) is 9.88 Å². The van der Waals surface area contributed by atoms with Crippen molar-refractivity contribution < 1.29 is 14.3 Å². The van der Waals surface area contributed by atoms with Gasteiger partial charge in [-0.25, -0.2) is 4.98 Å². The maximum absolute atomic E-state index is 13.4. The summed E-state index contributed by atoms with van der Waals surface area (Å²) in [5, 5.41) is 1.81. The lowest BCUT2D eigenvalue weighted by Crippen LogP contribution is -2.36. The summed E-state index contributed by atoms with van der Waals surface area (Å²) in [6.07, 6.45) is 3.19. The molecule has 3 heterocycles. The fourth-order valence-corrected chi connectivity index (χ4v) is 6.04. The Labute approximate surface area is 213 Å². The molecule has 9 heteroatoms. The number of hydrogen-bond acceptors (Lipinski definition) is 6. The number of fused-ring (bicyclic) bond motifs is 1. The summed E-state index contributed by atoms with van der Waals surface area (Å²) in [5.41, 5.74) is 2.36. The van der Waals surface area contributed by atoms with Crippen LogP contribution in [0.1, 0.15) is 28.2 Å². The smallest absolute Gasteiger partial charge is 0.270 e. The van der Waals surface area contributed by atoms with Crippen LogP contribution in [0, 0.1) is 0 Å². The van der Waals surface area contributed by atoms with Gasteiger partial charge in [0, 0.05) is 41.9 Å². The molecule has 1 saturated heterocycles. The molecule has 0 radical (unpaired) electrons. The van der Waals surface area contributed by atoms with E-state index in [1.165, 1.54) is 24.2 Å². The molecule has 0 N–H and O–H groups in total. The first-order valence-electron chi connectivity index (χ1n) is 11.3. The number of hydrogen-bond donors (Lipinski definition) is 0. The third-order valence-corrected chi connectivity index (χ3v) is 7.86. The molecule has 1 aromatic heterocycles. The number of anilines is 1. The third-order valence-electron chi connectivity index (χ3n) is 6.19. The predicted octanol–water partition coefficient (Wildman–Crippen LogP) is 5.80. The fraction of sp³-hybridized carbons (Fsp3) is 0.360. The molecule has 178 valence electrons. The number of thiazole rings is 1. The summed E-state index contributed by atoms with van der Waals surface area (Å²) in [6, 6.07) is 11.0. The number of rotatable bonds is 7. The number of carbonyl (C=O) groups excluding carboxylic acids is 1. The van der Waals surface area contributed by atoms with Gasteiger partial charge in [-0.2, -0.15) is 0 Å². The van der Waals surface area contributed by atoms with E-state index in [4.69, 9.17) is 37.7 Å². The molecule has 0 aliphatic carbocycles. The van der Waals surface area contributed by atoms with Gasteiger partial charge in [0.2, 0.25) is 0 Å². The van der Waals surface area contributed by atoms with Crippen LogP contribution in [0.3, 0.4) is 0 Å². The maximum Gasteiger partial charge on any atom is 0.270 e. The largest absolute Gasteiger partial charge is 0.493 e. The molecule has 1 amide bonds. The quantitative estimate of drug-likeness (QED) is 0.396. The molecule has 5 rings (SSSR count).